The average Bonchev–Trinajstić information content (AvgIpc) is 3.48. The Morgan fingerprint density at radius 2 is 2.10 bits per heavy atom. The van der Waals surface area contributed by atoms with E-state index in [1.54, 1.807) is 18.2 Å². The van der Waals surface area contributed by atoms with Gasteiger partial charge >= 0.3 is 0 Å². The molecule has 6 heteroatoms. The summed E-state index contributed by atoms with van der Waals surface area (Å²) in [5.74, 6) is 1.09. The van der Waals surface area contributed by atoms with Crippen molar-refractivity contribution < 1.29 is 13.9 Å². The molecule has 3 aromatic rings. The molecule has 0 saturated heterocycles. The van der Waals surface area contributed by atoms with Crippen LogP contribution in [-0.2, 0) is 6.54 Å². The van der Waals surface area contributed by atoms with Crippen molar-refractivity contribution in [3.63, 3.8) is 0 Å². The van der Waals surface area contributed by atoms with Crippen molar-refractivity contribution in [1.82, 2.24) is 4.57 Å². The Morgan fingerprint density at radius 1 is 1.24 bits per heavy atom. The monoisotopic (exact) mass is 391 g/mol. The summed E-state index contributed by atoms with van der Waals surface area (Å²) in [6.07, 6.45) is 5.04. The number of likely N-dealkylation sites (N-methyl/N-ethyl adjacent to an activating group) is 1. The lowest BCUT2D eigenvalue weighted by atomic mass is 10.1. The molecule has 0 bridgehead atoms. The van der Waals surface area contributed by atoms with E-state index >= 15 is 0 Å². The van der Waals surface area contributed by atoms with Crippen molar-refractivity contribution in [1.29, 1.82) is 0 Å². The Morgan fingerprint density at radius 3 is 2.90 bits per heavy atom. The maximum Gasteiger partial charge on any atom is 0.150 e. The van der Waals surface area contributed by atoms with Gasteiger partial charge in [0.05, 0.1) is 29.7 Å². The van der Waals surface area contributed by atoms with Gasteiger partial charge in [-0.2, -0.15) is 0 Å². The van der Waals surface area contributed by atoms with Crippen molar-refractivity contribution in [2.45, 2.75) is 19.4 Å². The molecule has 1 aliphatic carbocycles. The van der Waals surface area contributed by atoms with Gasteiger partial charge in [-0.15, -0.1) is 0 Å². The first-order valence-corrected chi connectivity index (χ1v) is 9.92. The van der Waals surface area contributed by atoms with Crippen LogP contribution in [0.2, 0.25) is 0 Å². The highest BCUT2D eigenvalue weighted by molar-refractivity contribution is 5.93. The largest absolute Gasteiger partial charge is 0.489 e. The summed E-state index contributed by atoms with van der Waals surface area (Å²) in [5.41, 5.74) is 3.94. The van der Waals surface area contributed by atoms with Crippen LogP contribution in [0.5, 0.6) is 5.75 Å². The zero-order valence-corrected chi connectivity index (χ0v) is 16.3. The highest BCUT2D eigenvalue weighted by atomic mass is 19.1. The van der Waals surface area contributed by atoms with Gasteiger partial charge in [-0.1, -0.05) is 0 Å². The van der Waals surface area contributed by atoms with E-state index in [9.17, 15) is 9.18 Å². The smallest absolute Gasteiger partial charge is 0.150 e. The van der Waals surface area contributed by atoms with Gasteiger partial charge < -0.3 is 14.2 Å². The van der Waals surface area contributed by atoms with Crippen molar-refractivity contribution in [3.05, 3.63) is 53.5 Å². The molecule has 2 heterocycles. The molecule has 0 spiro atoms. The molecule has 0 amide bonds. The minimum Gasteiger partial charge on any atom is -0.489 e. The number of nitrogens with zero attached hydrogens (tertiary/aromatic N) is 3. The summed E-state index contributed by atoms with van der Waals surface area (Å²) < 4.78 is 21.7. The van der Waals surface area contributed by atoms with Gasteiger partial charge in [-0.05, 0) is 55.2 Å². The maximum absolute atomic E-state index is 13.8. The molecule has 1 aromatic heterocycles. The van der Waals surface area contributed by atoms with Gasteiger partial charge in [0.25, 0.3) is 0 Å². The number of hydrogen-bond donors (Lipinski definition) is 0. The van der Waals surface area contributed by atoms with Gasteiger partial charge in [-0.25, -0.2) is 4.39 Å². The summed E-state index contributed by atoms with van der Waals surface area (Å²) in [7, 11) is 1.99. The van der Waals surface area contributed by atoms with Crippen LogP contribution in [0, 0.1) is 11.7 Å². The molecular weight excluding hydrogens is 369 g/mol. The quantitative estimate of drug-likeness (QED) is 0.472. The molecule has 0 radical (unpaired) electrons. The van der Waals surface area contributed by atoms with E-state index in [2.05, 4.69) is 9.47 Å². The minimum atomic E-state index is -0.234. The van der Waals surface area contributed by atoms with Gasteiger partial charge in [0.1, 0.15) is 30.1 Å². The number of rotatable bonds is 5. The Kier molecular flexibility index (Phi) is 4.34. The van der Waals surface area contributed by atoms with Crippen LogP contribution in [0.4, 0.5) is 15.8 Å². The van der Waals surface area contributed by atoms with Gasteiger partial charge in [0, 0.05) is 24.5 Å². The first-order valence-electron chi connectivity index (χ1n) is 9.92. The number of carbonyl (C=O) groups is 1. The normalized spacial score (nSPS) is 16.3. The number of fused-ring (bicyclic) bond motifs is 2. The standard InChI is InChI=1S/C23H22FN3O2/c1-26-6-7-29-22-9-16(14-28)8-20(23(22)26)25-12-19-10-17-4-5-18(24)11-21(17)27(19)13-15-2-3-15/h4-5,8-12,14-15H,2-3,6-7,13H2,1H3/b25-12+. The predicted molar refractivity (Wildman–Crippen MR) is 112 cm³/mol. The Labute approximate surface area is 168 Å². The molecule has 1 aliphatic heterocycles. The van der Waals surface area contributed by atoms with Crippen molar-refractivity contribution in [3.8, 4) is 5.75 Å². The van der Waals surface area contributed by atoms with E-state index in [-0.39, 0.29) is 5.82 Å². The third kappa shape index (κ3) is 3.39. The first kappa shape index (κ1) is 17.9. The van der Waals surface area contributed by atoms with Gasteiger partial charge in [0.15, 0.2) is 0 Å². The third-order valence-corrected chi connectivity index (χ3v) is 5.65. The molecular formula is C23H22FN3O2. The molecule has 5 nitrogen and oxygen atoms in total. The zero-order chi connectivity index (χ0) is 20.0. The van der Waals surface area contributed by atoms with E-state index < -0.39 is 0 Å². The van der Waals surface area contributed by atoms with Crippen molar-refractivity contribution in [2.75, 3.05) is 25.1 Å². The van der Waals surface area contributed by atoms with E-state index in [1.807, 2.05) is 25.4 Å². The fourth-order valence-corrected chi connectivity index (χ4v) is 3.93. The van der Waals surface area contributed by atoms with Crippen LogP contribution in [0.1, 0.15) is 28.9 Å². The Bertz CT molecular complexity index is 1130. The molecule has 148 valence electrons. The number of aldehydes is 1. The van der Waals surface area contributed by atoms with Gasteiger partial charge in [0.2, 0.25) is 0 Å². The SMILES string of the molecule is CN1CCOc2cc(C=O)cc(/N=C/c3cc4ccc(F)cc4n3CC3CC3)c21. The van der Waals surface area contributed by atoms with Crippen LogP contribution in [-0.4, -0.2) is 37.3 Å². The van der Waals surface area contributed by atoms with Crippen LogP contribution in [0.25, 0.3) is 10.9 Å². The molecule has 2 aliphatic rings. The number of aromatic nitrogens is 1. The molecule has 0 unspecified atom stereocenters. The molecule has 0 N–H and O–H groups in total. The number of benzene rings is 2. The van der Waals surface area contributed by atoms with E-state index in [0.717, 1.165) is 41.7 Å². The van der Waals surface area contributed by atoms with Crippen LogP contribution in [0.3, 0.4) is 0 Å². The summed E-state index contributed by atoms with van der Waals surface area (Å²) in [6, 6.07) is 10.5. The Hall–Kier alpha value is -3.15. The zero-order valence-electron chi connectivity index (χ0n) is 16.3. The number of anilines is 1. The molecule has 0 atom stereocenters. The second kappa shape index (κ2) is 7.03. The van der Waals surface area contributed by atoms with E-state index in [4.69, 9.17) is 9.73 Å². The number of aliphatic imine (C=N–C) groups is 1. The number of carbonyl (C=O) groups excluding carboxylic acids is 1. The topological polar surface area (TPSA) is 46.8 Å². The van der Waals surface area contributed by atoms with Crippen molar-refractivity contribution >= 4 is 34.8 Å². The fraction of sp³-hybridized carbons (Fsp3) is 0.304. The number of halogens is 1. The first-order chi connectivity index (χ1) is 14.1. The van der Waals surface area contributed by atoms with Crippen LogP contribution >= 0.6 is 0 Å². The third-order valence-electron chi connectivity index (χ3n) is 5.65. The molecule has 1 saturated carbocycles. The number of ether oxygens (including phenoxy) is 1. The molecule has 5 rings (SSSR count). The number of hydrogen-bond acceptors (Lipinski definition) is 4. The maximum atomic E-state index is 13.8. The fourth-order valence-electron chi connectivity index (χ4n) is 3.93. The molecule has 2 aromatic carbocycles. The molecule has 1 fully saturated rings. The lowest BCUT2D eigenvalue weighted by Crippen LogP contribution is -2.29. The summed E-state index contributed by atoms with van der Waals surface area (Å²) in [4.78, 5) is 18.2. The second-order valence-electron chi connectivity index (χ2n) is 7.86. The minimum absolute atomic E-state index is 0.234. The Balaban J connectivity index is 1.60. The van der Waals surface area contributed by atoms with E-state index in [0.29, 0.717) is 29.5 Å². The van der Waals surface area contributed by atoms with E-state index in [1.165, 1.54) is 18.9 Å². The second-order valence-corrected chi connectivity index (χ2v) is 7.86. The van der Waals surface area contributed by atoms with Crippen LogP contribution < -0.4 is 9.64 Å². The predicted octanol–water partition coefficient (Wildman–Crippen LogP) is 4.58. The highest BCUT2D eigenvalue weighted by Gasteiger charge is 2.24. The summed E-state index contributed by atoms with van der Waals surface area (Å²) in [6.45, 7) is 2.21. The lowest BCUT2D eigenvalue weighted by Gasteiger charge is -2.29. The summed E-state index contributed by atoms with van der Waals surface area (Å²) >= 11 is 0. The summed E-state index contributed by atoms with van der Waals surface area (Å²) in [5, 5.41) is 0.998. The lowest BCUT2D eigenvalue weighted by molar-refractivity contribution is 0.112. The van der Waals surface area contributed by atoms with Gasteiger partial charge in [-0.3, -0.25) is 9.79 Å². The van der Waals surface area contributed by atoms with Crippen LogP contribution in [0.15, 0.2) is 41.4 Å². The average molecular weight is 391 g/mol. The molecule has 29 heavy (non-hydrogen) atoms. The van der Waals surface area contributed by atoms with Crippen molar-refractivity contribution in [2.24, 2.45) is 10.9 Å². The highest BCUT2D eigenvalue weighted by Crippen LogP contribution is 2.40.